The number of ether oxygens (including phenoxy) is 1. The van der Waals surface area contributed by atoms with E-state index in [1.807, 2.05) is 64.9 Å². The number of aromatic nitrogens is 3. The predicted octanol–water partition coefficient (Wildman–Crippen LogP) is 4.24. The summed E-state index contributed by atoms with van der Waals surface area (Å²) >= 11 is 7.55. The van der Waals surface area contributed by atoms with Crippen LogP contribution in [0.3, 0.4) is 0 Å². The fourth-order valence-corrected chi connectivity index (χ4v) is 4.95. The molecule has 4 rings (SSSR count). The third-order valence-electron chi connectivity index (χ3n) is 5.81. The lowest BCUT2D eigenvalue weighted by molar-refractivity contribution is -0.132. The second kappa shape index (κ2) is 10.6. The normalized spacial score (nSPS) is 15.5. The van der Waals surface area contributed by atoms with Crippen molar-refractivity contribution in [1.82, 2.24) is 24.6 Å². The molecular formula is C24H28ClN5O2S. The van der Waals surface area contributed by atoms with E-state index in [-0.39, 0.29) is 11.2 Å². The van der Waals surface area contributed by atoms with Crippen LogP contribution in [0.1, 0.15) is 13.8 Å². The molecule has 1 aromatic heterocycles. The second-order valence-electron chi connectivity index (χ2n) is 7.87. The Labute approximate surface area is 203 Å². The van der Waals surface area contributed by atoms with Crippen molar-refractivity contribution < 1.29 is 9.53 Å². The molecule has 7 nitrogen and oxygen atoms in total. The van der Waals surface area contributed by atoms with Gasteiger partial charge < -0.3 is 14.5 Å². The summed E-state index contributed by atoms with van der Waals surface area (Å²) in [4.78, 5) is 17.5. The molecule has 2 aromatic carbocycles. The van der Waals surface area contributed by atoms with E-state index in [2.05, 4.69) is 22.0 Å². The average molecular weight is 486 g/mol. The highest BCUT2D eigenvalue weighted by Crippen LogP contribution is 2.32. The Hall–Kier alpha value is -2.55. The fourth-order valence-electron chi connectivity index (χ4n) is 3.87. The quantitative estimate of drug-likeness (QED) is 0.466. The van der Waals surface area contributed by atoms with Gasteiger partial charge in [0.15, 0.2) is 11.0 Å². The van der Waals surface area contributed by atoms with Gasteiger partial charge in [0.1, 0.15) is 5.75 Å². The van der Waals surface area contributed by atoms with Gasteiger partial charge in [0, 0.05) is 42.5 Å². The average Bonchev–Trinajstić information content (AvgIpc) is 3.27. The first-order valence-electron chi connectivity index (χ1n) is 11.0. The van der Waals surface area contributed by atoms with Crippen molar-refractivity contribution in [2.45, 2.75) is 24.3 Å². The molecule has 1 aliphatic heterocycles. The van der Waals surface area contributed by atoms with E-state index in [0.717, 1.165) is 49.7 Å². The van der Waals surface area contributed by atoms with Crippen LogP contribution in [0.15, 0.2) is 53.7 Å². The lowest BCUT2D eigenvalue weighted by Gasteiger charge is -2.35. The Bertz CT molecular complexity index is 1100. The van der Waals surface area contributed by atoms with E-state index < -0.39 is 0 Å². The van der Waals surface area contributed by atoms with Gasteiger partial charge >= 0.3 is 0 Å². The highest BCUT2D eigenvalue weighted by atomic mass is 35.5. The number of halogens is 1. The van der Waals surface area contributed by atoms with Crippen LogP contribution in [0, 0.1) is 0 Å². The number of likely N-dealkylation sites (N-methyl/N-ethyl adjacent to an activating group) is 1. The number of hydrogen-bond donors (Lipinski definition) is 0. The maximum Gasteiger partial charge on any atom is 0.235 e. The minimum atomic E-state index is -0.286. The van der Waals surface area contributed by atoms with Crippen LogP contribution >= 0.6 is 23.4 Å². The minimum absolute atomic E-state index is 0.129. The summed E-state index contributed by atoms with van der Waals surface area (Å²) in [6.45, 7) is 8.46. The first-order valence-corrected chi connectivity index (χ1v) is 12.3. The molecule has 0 saturated carbocycles. The second-order valence-corrected chi connectivity index (χ2v) is 9.61. The molecule has 9 heteroatoms. The number of nitrogens with zero attached hydrogens (tertiary/aromatic N) is 5. The van der Waals surface area contributed by atoms with Gasteiger partial charge in [-0.3, -0.25) is 9.36 Å². The van der Waals surface area contributed by atoms with Crippen LogP contribution in [0.2, 0.25) is 5.02 Å². The summed E-state index contributed by atoms with van der Waals surface area (Å²) in [5.74, 6) is 1.54. The van der Waals surface area contributed by atoms with Gasteiger partial charge in [0.25, 0.3) is 0 Å². The molecule has 2 heterocycles. The third kappa shape index (κ3) is 5.34. The van der Waals surface area contributed by atoms with Crippen LogP contribution in [0.25, 0.3) is 17.1 Å². The predicted molar refractivity (Wildman–Crippen MR) is 132 cm³/mol. The maximum atomic E-state index is 13.1. The van der Waals surface area contributed by atoms with Gasteiger partial charge in [-0.25, -0.2) is 0 Å². The Morgan fingerprint density at radius 1 is 1.12 bits per heavy atom. The van der Waals surface area contributed by atoms with Gasteiger partial charge in [-0.2, -0.15) is 0 Å². The SMILES string of the molecule is CCN1CCN(C(=O)C(C)Sc2nnc(-c3cccc(OC)c3)n2-c2ccc(Cl)cc2)CC1. The zero-order valence-electron chi connectivity index (χ0n) is 19.1. The van der Waals surface area contributed by atoms with Gasteiger partial charge in [-0.1, -0.05) is 42.4 Å². The molecule has 1 aliphatic rings. The van der Waals surface area contributed by atoms with Gasteiger partial charge in [0.2, 0.25) is 5.91 Å². The molecule has 1 atom stereocenters. The van der Waals surface area contributed by atoms with E-state index in [0.29, 0.717) is 16.0 Å². The number of carbonyl (C=O) groups is 1. The topological polar surface area (TPSA) is 63.5 Å². The zero-order valence-corrected chi connectivity index (χ0v) is 20.6. The van der Waals surface area contributed by atoms with Crippen molar-refractivity contribution >= 4 is 29.3 Å². The van der Waals surface area contributed by atoms with Crippen LogP contribution < -0.4 is 4.74 Å². The fraction of sp³-hybridized carbons (Fsp3) is 0.375. The first kappa shape index (κ1) is 23.6. The molecule has 1 amide bonds. The van der Waals surface area contributed by atoms with E-state index in [9.17, 15) is 4.79 Å². The lowest BCUT2D eigenvalue weighted by Crippen LogP contribution is -2.50. The van der Waals surface area contributed by atoms with E-state index >= 15 is 0 Å². The van der Waals surface area contributed by atoms with Crippen molar-refractivity contribution in [2.24, 2.45) is 0 Å². The molecule has 0 aliphatic carbocycles. The number of carbonyl (C=O) groups excluding carboxylic acids is 1. The van der Waals surface area contributed by atoms with E-state index in [4.69, 9.17) is 16.3 Å². The molecule has 174 valence electrons. The molecule has 0 N–H and O–H groups in total. The Kier molecular flexibility index (Phi) is 7.57. The monoisotopic (exact) mass is 485 g/mol. The third-order valence-corrected chi connectivity index (χ3v) is 7.09. The summed E-state index contributed by atoms with van der Waals surface area (Å²) in [5, 5.41) is 9.96. The van der Waals surface area contributed by atoms with Gasteiger partial charge in [-0.05, 0) is 49.9 Å². The largest absolute Gasteiger partial charge is 0.497 e. The van der Waals surface area contributed by atoms with E-state index in [1.165, 1.54) is 11.8 Å². The molecule has 1 fully saturated rings. The molecular weight excluding hydrogens is 458 g/mol. The maximum absolute atomic E-state index is 13.1. The lowest BCUT2D eigenvalue weighted by atomic mass is 10.2. The molecule has 1 saturated heterocycles. The Morgan fingerprint density at radius 3 is 2.52 bits per heavy atom. The molecule has 0 spiro atoms. The Morgan fingerprint density at radius 2 is 1.85 bits per heavy atom. The number of methoxy groups -OCH3 is 1. The number of rotatable bonds is 7. The van der Waals surface area contributed by atoms with Crippen LogP contribution in [0.5, 0.6) is 5.75 Å². The van der Waals surface area contributed by atoms with Crippen LogP contribution in [-0.2, 0) is 4.79 Å². The first-order chi connectivity index (χ1) is 16.0. The summed E-state index contributed by atoms with van der Waals surface area (Å²) in [5.41, 5.74) is 1.75. The van der Waals surface area contributed by atoms with Gasteiger partial charge in [-0.15, -0.1) is 10.2 Å². The standard InChI is InChI=1S/C24H28ClN5O2S/c1-4-28-12-14-29(15-13-28)23(31)17(2)33-24-27-26-22(18-6-5-7-21(16-18)32-3)30(24)20-10-8-19(25)9-11-20/h5-11,16-17H,4,12-15H2,1-3H3. The summed E-state index contributed by atoms with van der Waals surface area (Å²) in [6, 6.07) is 15.2. The highest BCUT2D eigenvalue weighted by molar-refractivity contribution is 8.00. The molecule has 1 unspecified atom stereocenters. The Balaban J connectivity index is 1.63. The van der Waals surface area contributed by atoms with E-state index in [1.54, 1.807) is 7.11 Å². The number of piperazine rings is 1. The minimum Gasteiger partial charge on any atom is -0.497 e. The van der Waals surface area contributed by atoms with Crippen molar-refractivity contribution in [3.63, 3.8) is 0 Å². The summed E-state index contributed by atoms with van der Waals surface area (Å²) in [6.07, 6.45) is 0. The van der Waals surface area contributed by atoms with Crippen molar-refractivity contribution in [2.75, 3.05) is 39.8 Å². The smallest absolute Gasteiger partial charge is 0.235 e. The molecule has 33 heavy (non-hydrogen) atoms. The van der Waals surface area contributed by atoms with Crippen LogP contribution in [0.4, 0.5) is 0 Å². The number of benzene rings is 2. The van der Waals surface area contributed by atoms with Crippen molar-refractivity contribution in [3.8, 4) is 22.8 Å². The summed E-state index contributed by atoms with van der Waals surface area (Å²) < 4.78 is 7.36. The molecule has 0 radical (unpaired) electrons. The highest BCUT2D eigenvalue weighted by Gasteiger charge is 2.27. The van der Waals surface area contributed by atoms with Gasteiger partial charge in [0.05, 0.1) is 12.4 Å². The van der Waals surface area contributed by atoms with Crippen molar-refractivity contribution in [3.05, 3.63) is 53.6 Å². The zero-order chi connectivity index (χ0) is 23.4. The number of thioether (sulfide) groups is 1. The van der Waals surface area contributed by atoms with Crippen molar-refractivity contribution in [1.29, 1.82) is 0 Å². The van der Waals surface area contributed by atoms with Crippen LogP contribution in [-0.4, -0.2) is 75.6 Å². The molecule has 3 aromatic rings. The number of amides is 1. The molecule has 0 bridgehead atoms. The summed E-state index contributed by atoms with van der Waals surface area (Å²) in [7, 11) is 1.64. The number of hydrogen-bond acceptors (Lipinski definition) is 6.